The molecule has 0 aliphatic heterocycles. The summed E-state index contributed by atoms with van der Waals surface area (Å²) in [6, 6.07) is 10.9. The van der Waals surface area contributed by atoms with Crippen molar-refractivity contribution >= 4 is 5.91 Å². The fourth-order valence-corrected chi connectivity index (χ4v) is 3.93. The zero-order valence-electron chi connectivity index (χ0n) is 14.9. The van der Waals surface area contributed by atoms with Crippen LogP contribution in [-0.4, -0.2) is 41.1 Å². The SMILES string of the molecule is CC(C#N)(NC(=O)CN(CCCO)C1CCc2ccccc21)C1CC1. The number of hydrogen-bond donors (Lipinski definition) is 2. The first-order valence-corrected chi connectivity index (χ1v) is 9.22. The second-order valence-corrected chi connectivity index (χ2v) is 7.44. The normalized spacial score (nSPS) is 21.4. The molecule has 0 saturated heterocycles. The van der Waals surface area contributed by atoms with Crippen LogP contribution in [0.1, 0.15) is 49.8 Å². The number of aryl methyl sites for hydroxylation is 1. The number of rotatable bonds is 8. The topological polar surface area (TPSA) is 76.4 Å². The number of hydrogen-bond acceptors (Lipinski definition) is 4. The predicted molar refractivity (Wildman–Crippen MR) is 95.7 cm³/mol. The first-order chi connectivity index (χ1) is 12.1. The van der Waals surface area contributed by atoms with Gasteiger partial charge in [-0.1, -0.05) is 24.3 Å². The van der Waals surface area contributed by atoms with Crippen LogP contribution >= 0.6 is 0 Å². The Balaban J connectivity index is 1.69. The molecule has 0 spiro atoms. The Hall–Kier alpha value is -1.90. The molecule has 0 radical (unpaired) electrons. The molecular formula is C20H27N3O2. The van der Waals surface area contributed by atoms with Crippen molar-refractivity contribution < 1.29 is 9.90 Å². The van der Waals surface area contributed by atoms with Gasteiger partial charge in [0.15, 0.2) is 0 Å². The summed E-state index contributed by atoms with van der Waals surface area (Å²) in [4.78, 5) is 14.8. The lowest BCUT2D eigenvalue weighted by molar-refractivity contribution is -0.124. The fraction of sp³-hybridized carbons (Fsp3) is 0.600. The Bertz CT molecular complexity index is 665. The number of carbonyl (C=O) groups is 1. The van der Waals surface area contributed by atoms with E-state index in [1.54, 1.807) is 0 Å². The van der Waals surface area contributed by atoms with Crippen molar-refractivity contribution in [2.75, 3.05) is 19.7 Å². The lowest BCUT2D eigenvalue weighted by Gasteiger charge is -2.31. The molecule has 1 amide bonds. The van der Waals surface area contributed by atoms with Crippen molar-refractivity contribution in [1.82, 2.24) is 10.2 Å². The summed E-state index contributed by atoms with van der Waals surface area (Å²) in [5, 5.41) is 21.6. The number of nitrogens with zero attached hydrogens (tertiary/aromatic N) is 2. The summed E-state index contributed by atoms with van der Waals surface area (Å²) < 4.78 is 0. The molecule has 1 aromatic rings. The summed E-state index contributed by atoms with van der Waals surface area (Å²) in [5.41, 5.74) is 1.88. The third-order valence-corrected chi connectivity index (χ3v) is 5.52. The van der Waals surface area contributed by atoms with E-state index in [-0.39, 0.29) is 31.0 Å². The van der Waals surface area contributed by atoms with Crippen molar-refractivity contribution in [3.05, 3.63) is 35.4 Å². The molecule has 5 nitrogen and oxygen atoms in total. The molecule has 25 heavy (non-hydrogen) atoms. The van der Waals surface area contributed by atoms with Crippen LogP contribution in [0.5, 0.6) is 0 Å². The number of aliphatic hydroxyl groups is 1. The quantitative estimate of drug-likeness (QED) is 0.760. The molecule has 0 aromatic heterocycles. The number of nitriles is 1. The highest BCUT2D eigenvalue weighted by molar-refractivity contribution is 5.79. The summed E-state index contributed by atoms with van der Waals surface area (Å²) in [5.74, 6) is 0.179. The second kappa shape index (κ2) is 7.55. The van der Waals surface area contributed by atoms with Crippen LogP contribution in [0, 0.1) is 17.2 Å². The molecule has 2 unspecified atom stereocenters. The molecule has 2 atom stereocenters. The average molecular weight is 341 g/mol. The third kappa shape index (κ3) is 4.02. The minimum Gasteiger partial charge on any atom is -0.396 e. The van der Waals surface area contributed by atoms with Gasteiger partial charge in [-0.2, -0.15) is 5.26 Å². The maximum Gasteiger partial charge on any atom is 0.235 e. The van der Waals surface area contributed by atoms with E-state index < -0.39 is 5.54 Å². The molecule has 0 heterocycles. The van der Waals surface area contributed by atoms with Gasteiger partial charge < -0.3 is 10.4 Å². The van der Waals surface area contributed by atoms with Crippen LogP contribution in [-0.2, 0) is 11.2 Å². The van der Waals surface area contributed by atoms with Gasteiger partial charge in [0.1, 0.15) is 5.54 Å². The van der Waals surface area contributed by atoms with Gasteiger partial charge in [-0.25, -0.2) is 0 Å². The highest BCUT2D eigenvalue weighted by atomic mass is 16.3. The van der Waals surface area contributed by atoms with Gasteiger partial charge in [0.2, 0.25) is 5.91 Å². The second-order valence-electron chi connectivity index (χ2n) is 7.44. The number of carbonyl (C=O) groups excluding carboxylic acids is 1. The molecule has 2 aliphatic rings. The Morgan fingerprint density at radius 1 is 1.40 bits per heavy atom. The predicted octanol–water partition coefficient (Wildman–Crippen LogP) is 2.17. The summed E-state index contributed by atoms with van der Waals surface area (Å²) in [6.45, 7) is 2.88. The van der Waals surface area contributed by atoms with E-state index >= 15 is 0 Å². The van der Waals surface area contributed by atoms with Gasteiger partial charge >= 0.3 is 0 Å². The molecule has 1 aromatic carbocycles. The number of nitrogens with one attached hydrogen (secondary N) is 1. The molecule has 2 aliphatic carbocycles. The fourth-order valence-electron chi connectivity index (χ4n) is 3.93. The van der Waals surface area contributed by atoms with E-state index in [4.69, 9.17) is 0 Å². The molecule has 0 bridgehead atoms. The van der Waals surface area contributed by atoms with E-state index in [1.165, 1.54) is 11.1 Å². The van der Waals surface area contributed by atoms with Gasteiger partial charge in [-0.15, -0.1) is 0 Å². The molecule has 2 N–H and O–H groups in total. The lowest BCUT2D eigenvalue weighted by atomic mass is 9.98. The van der Waals surface area contributed by atoms with Crippen molar-refractivity contribution in [2.45, 2.75) is 50.6 Å². The summed E-state index contributed by atoms with van der Waals surface area (Å²) >= 11 is 0. The van der Waals surface area contributed by atoms with Gasteiger partial charge in [-0.05, 0) is 56.1 Å². The Morgan fingerprint density at radius 2 is 2.16 bits per heavy atom. The van der Waals surface area contributed by atoms with Crippen molar-refractivity contribution in [1.29, 1.82) is 5.26 Å². The molecular weight excluding hydrogens is 314 g/mol. The maximum atomic E-state index is 12.6. The van der Waals surface area contributed by atoms with Crippen LogP contribution in [0.15, 0.2) is 24.3 Å². The van der Waals surface area contributed by atoms with Gasteiger partial charge in [-0.3, -0.25) is 9.69 Å². The van der Waals surface area contributed by atoms with Gasteiger partial charge in [0, 0.05) is 19.2 Å². The highest BCUT2D eigenvalue weighted by Gasteiger charge is 2.43. The van der Waals surface area contributed by atoms with Crippen LogP contribution in [0.4, 0.5) is 0 Å². The van der Waals surface area contributed by atoms with Crippen LogP contribution in [0.25, 0.3) is 0 Å². The summed E-state index contributed by atoms with van der Waals surface area (Å²) in [6.07, 6.45) is 4.68. The number of amides is 1. The van der Waals surface area contributed by atoms with Gasteiger partial charge in [0.25, 0.3) is 0 Å². The average Bonchev–Trinajstić information content (AvgIpc) is 3.39. The molecule has 134 valence electrons. The molecule has 5 heteroatoms. The zero-order valence-corrected chi connectivity index (χ0v) is 14.9. The number of fused-ring (bicyclic) bond motifs is 1. The van der Waals surface area contributed by atoms with Crippen LogP contribution < -0.4 is 5.32 Å². The van der Waals surface area contributed by atoms with E-state index in [0.717, 1.165) is 25.7 Å². The Morgan fingerprint density at radius 3 is 2.84 bits per heavy atom. The van der Waals surface area contributed by atoms with Crippen LogP contribution in [0.3, 0.4) is 0 Å². The highest BCUT2D eigenvalue weighted by Crippen LogP contribution is 2.39. The zero-order chi connectivity index (χ0) is 17.9. The number of aliphatic hydroxyl groups excluding tert-OH is 1. The van der Waals surface area contributed by atoms with Crippen molar-refractivity contribution in [2.24, 2.45) is 5.92 Å². The van der Waals surface area contributed by atoms with Crippen LogP contribution in [0.2, 0.25) is 0 Å². The van der Waals surface area contributed by atoms with E-state index in [9.17, 15) is 15.2 Å². The number of benzene rings is 1. The monoisotopic (exact) mass is 341 g/mol. The van der Waals surface area contributed by atoms with E-state index in [1.807, 2.05) is 13.0 Å². The first-order valence-electron chi connectivity index (χ1n) is 9.22. The molecule has 1 saturated carbocycles. The largest absolute Gasteiger partial charge is 0.396 e. The smallest absolute Gasteiger partial charge is 0.235 e. The lowest BCUT2D eigenvalue weighted by Crippen LogP contribution is -2.50. The molecule has 3 rings (SSSR count). The maximum absolute atomic E-state index is 12.6. The minimum atomic E-state index is -0.757. The molecule has 1 fully saturated rings. The Labute approximate surface area is 149 Å². The first kappa shape index (κ1) is 17.9. The van der Waals surface area contributed by atoms with Gasteiger partial charge in [0.05, 0.1) is 12.6 Å². The Kier molecular flexibility index (Phi) is 5.41. The van der Waals surface area contributed by atoms with E-state index in [0.29, 0.717) is 13.0 Å². The van der Waals surface area contributed by atoms with Crippen molar-refractivity contribution in [3.63, 3.8) is 0 Å². The van der Waals surface area contributed by atoms with E-state index in [2.05, 4.69) is 34.5 Å². The minimum absolute atomic E-state index is 0.0988. The summed E-state index contributed by atoms with van der Waals surface area (Å²) in [7, 11) is 0. The standard InChI is InChI=1S/C20H27N3O2/c1-20(14-21,16-8-9-16)22-19(25)13-23(11-4-12-24)18-10-7-15-5-2-3-6-17(15)18/h2-3,5-6,16,18,24H,4,7-13H2,1H3,(H,22,25). The third-order valence-electron chi connectivity index (χ3n) is 5.52. The van der Waals surface area contributed by atoms with Crippen molar-refractivity contribution in [3.8, 4) is 6.07 Å².